The van der Waals surface area contributed by atoms with Crippen LogP contribution in [0.25, 0.3) is 0 Å². The fourth-order valence-electron chi connectivity index (χ4n) is 3.31. The molecule has 1 aliphatic rings. The Morgan fingerprint density at radius 1 is 1.38 bits per heavy atom. The highest BCUT2D eigenvalue weighted by Gasteiger charge is 2.29. The minimum atomic E-state index is -0.251. The van der Waals surface area contributed by atoms with Crippen molar-refractivity contribution in [3.8, 4) is 0 Å². The summed E-state index contributed by atoms with van der Waals surface area (Å²) in [4.78, 5) is 27.4. The number of rotatable bonds is 4. The highest BCUT2D eigenvalue weighted by Crippen LogP contribution is 2.22. The van der Waals surface area contributed by atoms with Crippen LogP contribution >= 0.6 is 11.3 Å². The van der Waals surface area contributed by atoms with E-state index in [1.54, 1.807) is 10.6 Å². The third kappa shape index (κ3) is 3.43. The number of thiazole rings is 1. The van der Waals surface area contributed by atoms with Crippen molar-refractivity contribution in [2.75, 3.05) is 6.54 Å². The molecule has 0 aliphatic carbocycles. The molecule has 128 valence electrons. The summed E-state index contributed by atoms with van der Waals surface area (Å²) in [5.41, 5.74) is 1.76. The van der Waals surface area contributed by atoms with Crippen molar-refractivity contribution >= 4 is 17.2 Å². The monoisotopic (exact) mass is 348 g/mol. The molecule has 6 heteroatoms. The smallest absolute Gasteiger partial charge is 0.308 e. The first-order chi connectivity index (χ1) is 11.5. The van der Waals surface area contributed by atoms with Gasteiger partial charge >= 0.3 is 4.87 Å². The van der Waals surface area contributed by atoms with Crippen LogP contribution < -0.4 is 4.87 Å². The summed E-state index contributed by atoms with van der Waals surface area (Å²) < 4.78 is 14.9. The van der Waals surface area contributed by atoms with Crippen LogP contribution in [0.15, 0.2) is 29.1 Å². The summed E-state index contributed by atoms with van der Waals surface area (Å²) in [5.74, 6) is -0.281. The van der Waals surface area contributed by atoms with Crippen LogP contribution in [-0.2, 0) is 17.8 Å². The Labute approximate surface area is 144 Å². The van der Waals surface area contributed by atoms with Crippen LogP contribution in [0.4, 0.5) is 4.39 Å². The lowest BCUT2D eigenvalue weighted by molar-refractivity contribution is -0.132. The van der Waals surface area contributed by atoms with E-state index in [0.29, 0.717) is 13.0 Å². The van der Waals surface area contributed by atoms with Crippen LogP contribution in [0.5, 0.6) is 0 Å². The van der Waals surface area contributed by atoms with Gasteiger partial charge in [-0.15, -0.1) is 0 Å². The lowest BCUT2D eigenvalue weighted by Gasteiger charge is -2.25. The van der Waals surface area contributed by atoms with Gasteiger partial charge in [0.1, 0.15) is 12.4 Å². The summed E-state index contributed by atoms with van der Waals surface area (Å²) >= 11 is 1.18. The Balaban J connectivity index is 1.73. The standard InChI is InChI=1S/C18H21FN2O2S/c1-12-13(2)24-18(23)21(12)11-17(22)20-8-4-7-16(20)10-14-5-3-6-15(19)9-14/h3,5-6,9,16H,4,7-8,10-11H2,1-2H3. The van der Waals surface area contributed by atoms with Crippen molar-refractivity contribution in [3.63, 3.8) is 0 Å². The van der Waals surface area contributed by atoms with Gasteiger partial charge in [-0.05, 0) is 50.8 Å². The number of benzene rings is 1. The van der Waals surface area contributed by atoms with E-state index >= 15 is 0 Å². The first-order valence-electron chi connectivity index (χ1n) is 8.16. The van der Waals surface area contributed by atoms with Gasteiger partial charge < -0.3 is 4.90 Å². The zero-order valence-electron chi connectivity index (χ0n) is 13.9. The molecule has 1 aromatic carbocycles. The highest BCUT2D eigenvalue weighted by atomic mass is 32.1. The van der Waals surface area contributed by atoms with Crippen LogP contribution in [0.2, 0.25) is 0 Å². The molecule has 1 atom stereocenters. The molecule has 2 heterocycles. The maximum Gasteiger partial charge on any atom is 0.308 e. The normalized spacial score (nSPS) is 17.5. The Morgan fingerprint density at radius 3 is 2.83 bits per heavy atom. The van der Waals surface area contributed by atoms with Crippen molar-refractivity contribution < 1.29 is 9.18 Å². The second-order valence-corrected chi connectivity index (χ2v) is 7.48. The average Bonchev–Trinajstić information content (AvgIpc) is 3.08. The zero-order valence-corrected chi connectivity index (χ0v) is 14.7. The molecule has 3 rings (SSSR count). The van der Waals surface area contributed by atoms with Gasteiger partial charge in [-0.2, -0.15) is 0 Å². The lowest BCUT2D eigenvalue weighted by Crippen LogP contribution is -2.40. The van der Waals surface area contributed by atoms with Gasteiger partial charge in [0.2, 0.25) is 5.91 Å². The third-order valence-electron chi connectivity index (χ3n) is 4.73. The molecular formula is C18H21FN2O2S. The molecule has 24 heavy (non-hydrogen) atoms. The molecule has 1 fully saturated rings. The molecule has 0 bridgehead atoms. The lowest BCUT2D eigenvalue weighted by atomic mass is 10.0. The number of carbonyl (C=O) groups excluding carboxylic acids is 1. The van der Waals surface area contributed by atoms with Gasteiger partial charge in [0.15, 0.2) is 0 Å². The molecule has 2 aromatic rings. The van der Waals surface area contributed by atoms with E-state index in [1.807, 2.05) is 24.8 Å². The largest absolute Gasteiger partial charge is 0.338 e. The average molecular weight is 348 g/mol. The fraction of sp³-hybridized carbons (Fsp3) is 0.444. The SMILES string of the molecule is Cc1sc(=O)n(CC(=O)N2CCCC2Cc2cccc(F)c2)c1C. The van der Waals surface area contributed by atoms with Crippen LogP contribution in [0, 0.1) is 19.7 Å². The van der Waals surface area contributed by atoms with E-state index in [4.69, 9.17) is 0 Å². The molecule has 1 saturated heterocycles. The molecular weight excluding hydrogens is 327 g/mol. The topological polar surface area (TPSA) is 42.3 Å². The number of aryl methyl sites for hydroxylation is 1. The molecule has 0 N–H and O–H groups in total. The number of likely N-dealkylation sites (tertiary alicyclic amines) is 1. The Hall–Kier alpha value is -1.95. The maximum absolute atomic E-state index is 13.4. The van der Waals surface area contributed by atoms with E-state index < -0.39 is 0 Å². The van der Waals surface area contributed by atoms with Crippen LogP contribution in [0.3, 0.4) is 0 Å². The molecule has 0 radical (unpaired) electrons. The highest BCUT2D eigenvalue weighted by molar-refractivity contribution is 7.09. The Kier molecular flexibility index (Phi) is 4.85. The van der Waals surface area contributed by atoms with E-state index in [-0.39, 0.29) is 29.2 Å². The quantitative estimate of drug-likeness (QED) is 0.853. The summed E-state index contributed by atoms with van der Waals surface area (Å²) in [5, 5.41) is 0. The summed E-state index contributed by atoms with van der Waals surface area (Å²) in [6, 6.07) is 6.62. The van der Waals surface area contributed by atoms with Gasteiger partial charge in [0.05, 0.1) is 0 Å². The number of carbonyl (C=O) groups is 1. The van der Waals surface area contributed by atoms with Gasteiger partial charge in [-0.3, -0.25) is 14.2 Å². The minimum absolute atomic E-state index is 0.0306. The number of halogens is 1. The van der Waals surface area contributed by atoms with Crippen molar-refractivity contribution in [2.24, 2.45) is 0 Å². The van der Waals surface area contributed by atoms with Crippen LogP contribution in [-0.4, -0.2) is 28.0 Å². The number of amides is 1. The number of nitrogens with zero attached hydrogens (tertiary/aromatic N) is 2. The molecule has 0 saturated carbocycles. The molecule has 1 amide bonds. The first-order valence-corrected chi connectivity index (χ1v) is 8.98. The third-order valence-corrected chi connectivity index (χ3v) is 5.72. The molecule has 1 unspecified atom stereocenters. The van der Waals surface area contributed by atoms with E-state index in [0.717, 1.165) is 29.0 Å². The summed E-state index contributed by atoms with van der Waals surface area (Å²) in [6.07, 6.45) is 2.51. The Bertz CT molecular complexity index is 812. The van der Waals surface area contributed by atoms with Crippen molar-refractivity contribution in [1.82, 2.24) is 9.47 Å². The van der Waals surface area contributed by atoms with Crippen molar-refractivity contribution in [2.45, 2.75) is 45.7 Å². The predicted molar refractivity (Wildman–Crippen MR) is 92.9 cm³/mol. The molecule has 4 nitrogen and oxygen atoms in total. The van der Waals surface area contributed by atoms with E-state index in [1.165, 1.54) is 23.5 Å². The fourth-order valence-corrected chi connectivity index (χ4v) is 4.14. The number of hydrogen-bond acceptors (Lipinski definition) is 3. The zero-order chi connectivity index (χ0) is 17.3. The van der Waals surface area contributed by atoms with Gasteiger partial charge in [-0.25, -0.2) is 4.39 Å². The van der Waals surface area contributed by atoms with Gasteiger partial charge in [0, 0.05) is 23.2 Å². The summed E-state index contributed by atoms with van der Waals surface area (Å²) in [6.45, 7) is 4.56. The Morgan fingerprint density at radius 2 is 2.17 bits per heavy atom. The number of hydrogen-bond donors (Lipinski definition) is 0. The van der Waals surface area contributed by atoms with Gasteiger partial charge in [0.25, 0.3) is 0 Å². The van der Waals surface area contributed by atoms with E-state index in [2.05, 4.69) is 0 Å². The van der Waals surface area contributed by atoms with Crippen molar-refractivity contribution in [1.29, 1.82) is 0 Å². The minimum Gasteiger partial charge on any atom is -0.338 e. The first kappa shape index (κ1) is 16.9. The number of aromatic nitrogens is 1. The molecule has 1 aromatic heterocycles. The molecule has 0 spiro atoms. The second-order valence-electron chi connectivity index (χ2n) is 6.31. The van der Waals surface area contributed by atoms with E-state index in [9.17, 15) is 14.0 Å². The van der Waals surface area contributed by atoms with Gasteiger partial charge in [-0.1, -0.05) is 23.5 Å². The maximum atomic E-state index is 13.4. The molecule has 1 aliphatic heterocycles. The second kappa shape index (κ2) is 6.89. The van der Waals surface area contributed by atoms with Crippen molar-refractivity contribution in [3.05, 3.63) is 55.9 Å². The predicted octanol–water partition coefficient (Wildman–Crippen LogP) is 2.90. The summed E-state index contributed by atoms with van der Waals surface area (Å²) in [7, 11) is 0. The van der Waals surface area contributed by atoms with Crippen LogP contribution in [0.1, 0.15) is 29.0 Å².